The number of hydrogen-bond donors (Lipinski definition) is 1. The van der Waals surface area contributed by atoms with Gasteiger partial charge in [0, 0.05) is 25.6 Å². The number of rotatable bonds is 8. The minimum absolute atomic E-state index is 0.107. The first-order valence-electron chi connectivity index (χ1n) is 8.40. The van der Waals surface area contributed by atoms with E-state index in [0.717, 1.165) is 44.5 Å². The second-order valence-electron chi connectivity index (χ2n) is 6.21. The lowest BCUT2D eigenvalue weighted by molar-refractivity contribution is -0.132. The van der Waals surface area contributed by atoms with Crippen LogP contribution >= 0.6 is 0 Å². The van der Waals surface area contributed by atoms with E-state index in [-0.39, 0.29) is 17.7 Å². The molecule has 126 valence electrons. The summed E-state index contributed by atoms with van der Waals surface area (Å²) in [5.41, 5.74) is 1.00. The minimum atomic E-state index is 0.107. The quantitative estimate of drug-likeness (QED) is 0.694. The predicted octanol–water partition coefficient (Wildman–Crippen LogP) is 1.65. The number of carbonyl (C=O) groups is 2. The zero-order chi connectivity index (χ0) is 16.5. The highest BCUT2D eigenvalue weighted by molar-refractivity contribution is 5.79. The lowest BCUT2D eigenvalue weighted by atomic mass is 9.96. The standard InChI is InChI=1S/C17H31N3O2/c1-5-9-18-17(22)15-7-10-19(11-8-15)13-16(21)20(6-2)12-14(3)4/h15H,3,5-13H2,1-2,4H3,(H,18,22). The monoisotopic (exact) mass is 309 g/mol. The number of hydrogen-bond acceptors (Lipinski definition) is 3. The molecule has 0 aromatic carbocycles. The highest BCUT2D eigenvalue weighted by Crippen LogP contribution is 2.17. The highest BCUT2D eigenvalue weighted by Gasteiger charge is 2.26. The molecule has 0 atom stereocenters. The molecule has 1 fully saturated rings. The van der Waals surface area contributed by atoms with Crippen molar-refractivity contribution >= 4 is 11.8 Å². The van der Waals surface area contributed by atoms with Gasteiger partial charge in [0.15, 0.2) is 0 Å². The van der Waals surface area contributed by atoms with Crippen molar-refractivity contribution < 1.29 is 9.59 Å². The molecule has 22 heavy (non-hydrogen) atoms. The molecule has 0 bridgehead atoms. The summed E-state index contributed by atoms with van der Waals surface area (Å²) < 4.78 is 0. The molecule has 1 N–H and O–H groups in total. The largest absolute Gasteiger partial charge is 0.356 e. The van der Waals surface area contributed by atoms with Gasteiger partial charge in [0.25, 0.3) is 0 Å². The summed E-state index contributed by atoms with van der Waals surface area (Å²) in [6.45, 7) is 14.0. The van der Waals surface area contributed by atoms with Gasteiger partial charge in [0.1, 0.15) is 0 Å². The number of nitrogens with zero attached hydrogens (tertiary/aromatic N) is 2. The van der Waals surface area contributed by atoms with E-state index in [1.54, 1.807) is 0 Å². The van der Waals surface area contributed by atoms with Crippen LogP contribution in [-0.2, 0) is 9.59 Å². The second kappa shape index (κ2) is 9.62. The van der Waals surface area contributed by atoms with Crippen LogP contribution in [-0.4, -0.2) is 60.9 Å². The van der Waals surface area contributed by atoms with Crippen molar-refractivity contribution in [2.24, 2.45) is 5.92 Å². The zero-order valence-electron chi connectivity index (χ0n) is 14.4. The van der Waals surface area contributed by atoms with Crippen LogP contribution in [0.3, 0.4) is 0 Å². The fourth-order valence-corrected chi connectivity index (χ4v) is 2.74. The molecule has 1 rings (SSSR count). The Labute approximate surface area is 134 Å². The van der Waals surface area contributed by atoms with E-state index in [1.807, 2.05) is 18.7 Å². The molecule has 0 radical (unpaired) electrons. The Balaban J connectivity index is 2.37. The molecule has 0 spiro atoms. The number of likely N-dealkylation sites (tertiary alicyclic amines) is 1. The van der Waals surface area contributed by atoms with Crippen LogP contribution in [0.1, 0.15) is 40.0 Å². The molecular weight excluding hydrogens is 278 g/mol. The van der Waals surface area contributed by atoms with Gasteiger partial charge < -0.3 is 10.2 Å². The Bertz CT molecular complexity index is 387. The van der Waals surface area contributed by atoms with Crippen LogP contribution in [0.15, 0.2) is 12.2 Å². The van der Waals surface area contributed by atoms with Gasteiger partial charge in [-0.15, -0.1) is 0 Å². The minimum Gasteiger partial charge on any atom is -0.356 e. The average molecular weight is 309 g/mol. The number of likely N-dealkylation sites (N-methyl/N-ethyl adjacent to an activating group) is 1. The Morgan fingerprint density at radius 1 is 1.27 bits per heavy atom. The van der Waals surface area contributed by atoms with Crippen molar-refractivity contribution in [1.29, 1.82) is 0 Å². The molecule has 0 saturated carbocycles. The van der Waals surface area contributed by atoms with Crippen LogP contribution in [0.2, 0.25) is 0 Å². The van der Waals surface area contributed by atoms with E-state index in [1.165, 1.54) is 0 Å². The number of nitrogens with one attached hydrogen (secondary N) is 1. The topological polar surface area (TPSA) is 52.7 Å². The van der Waals surface area contributed by atoms with Crippen LogP contribution in [0.5, 0.6) is 0 Å². The lowest BCUT2D eigenvalue weighted by Gasteiger charge is -2.32. The van der Waals surface area contributed by atoms with E-state index in [4.69, 9.17) is 0 Å². The van der Waals surface area contributed by atoms with E-state index in [0.29, 0.717) is 19.6 Å². The van der Waals surface area contributed by atoms with Gasteiger partial charge in [0.2, 0.25) is 11.8 Å². The third-order valence-electron chi connectivity index (χ3n) is 4.06. The van der Waals surface area contributed by atoms with Crippen LogP contribution < -0.4 is 5.32 Å². The summed E-state index contributed by atoms with van der Waals surface area (Å²) in [4.78, 5) is 28.2. The summed E-state index contributed by atoms with van der Waals surface area (Å²) in [5, 5.41) is 2.96. The number of piperidine rings is 1. The molecule has 1 aliphatic rings. The first kappa shape index (κ1) is 18.7. The van der Waals surface area contributed by atoms with Gasteiger partial charge in [-0.2, -0.15) is 0 Å². The summed E-state index contributed by atoms with van der Waals surface area (Å²) >= 11 is 0. The van der Waals surface area contributed by atoms with Crippen molar-refractivity contribution in [2.75, 3.05) is 39.3 Å². The molecule has 5 nitrogen and oxygen atoms in total. The predicted molar refractivity (Wildman–Crippen MR) is 89.5 cm³/mol. The number of amides is 2. The van der Waals surface area contributed by atoms with Crippen LogP contribution in [0, 0.1) is 5.92 Å². The molecule has 2 amide bonds. The Morgan fingerprint density at radius 2 is 1.91 bits per heavy atom. The van der Waals surface area contributed by atoms with Crippen molar-refractivity contribution in [1.82, 2.24) is 15.1 Å². The molecule has 0 aliphatic carbocycles. The maximum Gasteiger partial charge on any atom is 0.237 e. The molecule has 5 heteroatoms. The highest BCUT2D eigenvalue weighted by atomic mass is 16.2. The van der Waals surface area contributed by atoms with Crippen LogP contribution in [0.25, 0.3) is 0 Å². The van der Waals surface area contributed by atoms with Crippen LogP contribution in [0.4, 0.5) is 0 Å². The van der Waals surface area contributed by atoms with E-state index in [2.05, 4.69) is 23.7 Å². The maximum atomic E-state index is 12.3. The van der Waals surface area contributed by atoms with Gasteiger partial charge >= 0.3 is 0 Å². The smallest absolute Gasteiger partial charge is 0.237 e. The lowest BCUT2D eigenvalue weighted by Crippen LogP contribution is -2.46. The Kier molecular flexibility index (Phi) is 8.17. The molecule has 1 saturated heterocycles. The van der Waals surface area contributed by atoms with Gasteiger partial charge in [0.05, 0.1) is 6.54 Å². The summed E-state index contributed by atoms with van der Waals surface area (Å²) in [6.07, 6.45) is 2.65. The fourth-order valence-electron chi connectivity index (χ4n) is 2.74. The third kappa shape index (κ3) is 6.18. The molecular formula is C17H31N3O2. The maximum absolute atomic E-state index is 12.3. The van der Waals surface area contributed by atoms with Crippen molar-refractivity contribution in [3.8, 4) is 0 Å². The number of carbonyl (C=O) groups excluding carboxylic acids is 2. The summed E-state index contributed by atoms with van der Waals surface area (Å²) in [7, 11) is 0. The first-order chi connectivity index (χ1) is 10.5. The van der Waals surface area contributed by atoms with Gasteiger partial charge in [-0.05, 0) is 46.2 Å². The van der Waals surface area contributed by atoms with Crippen molar-refractivity contribution in [3.63, 3.8) is 0 Å². The summed E-state index contributed by atoms with van der Waals surface area (Å²) in [5.74, 6) is 0.431. The van der Waals surface area contributed by atoms with Crippen molar-refractivity contribution in [2.45, 2.75) is 40.0 Å². The third-order valence-corrected chi connectivity index (χ3v) is 4.06. The fraction of sp³-hybridized carbons (Fsp3) is 0.765. The first-order valence-corrected chi connectivity index (χ1v) is 8.40. The molecule has 0 unspecified atom stereocenters. The molecule has 0 aromatic rings. The SMILES string of the molecule is C=C(C)CN(CC)C(=O)CN1CCC(C(=O)NCCC)CC1. The second-order valence-corrected chi connectivity index (χ2v) is 6.21. The van der Waals surface area contributed by atoms with Gasteiger partial charge in [-0.1, -0.05) is 19.1 Å². The Morgan fingerprint density at radius 3 is 2.41 bits per heavy atom. The van der Waals surface area contributed by atoms with Gasteiger partial charge in [-0.25, -0.2) is 0 Å². The zero-order valence-corrected chi connectivity index (χ0v) is 14.4. The molecule has 0 aromatic heterocycles. The van der Waals surface area contributed by atoms with Crippen molar-refractivity contribution in [3.05, 3.63) is 12.2 Å². The molecule has 1 heterocycles. The normalized spacial score (nSPS) is 16.3. The van der Waals surface area contributed by atoms with E-state index < -0.39 is 0 Å². The average Bonchev–Trinajstić information content (AvgIpc) is 2.50. The van der Waals surface area contributed by atoms with E-state index >= 15 is 0 Å². The Hall–Kier alpha value is -1.36. The van der Waals surface area contributed by atoms with E-state index in [9.17, 15) is 9.59 Å². The molecule has 1 aliphatic heterocycles. The summed E-state index contributed by atoms with van der Waals surface area (Å²) in [6, 6.07) is 0. The van der Waals surface area contributed by atoms with Gasteiger partial charge in [-0.3, -0.25) is 14.5 Å².